The number of aromatic nitrogens is 3. The molecule has 33 heavy (non-hydrogen) atoms. The molecule has 0 saturated carbocycles. The molecule has 1 amide bonds. The molecule has 3 heterocycles. The van der Waals surface area contributed by atoms with Crippen molar-refractivity contribution in [1.29, 1.82) is 0 Å². The largest absolute Gasteiger partial charge is 0.497 e. The second-order valence-electron chi connectivity index (χ2n) is 8.17. The molecule has 1 N–H and O–H groups in total. The van der Waals surface area contributed by atoms with E-state index in [2.05, 4.69) is 44.1 Å². The number of methoxy groups -OCH3 is 1. The summed E-state index contributed by atoms with van der Waals surface area (Å²) in [6.07, 6.45) is 4.67. The third-order valence-electron chi connectivity index (χ3n) is 6.25. The Kier molecular flexibility index (Phi) is 5.93. The van der Waals surface area contributed by atoms with Crippen LogP contribution in [0.3, 0.4) is 0 Å². The number of amides is 1. The van der Waals surface area contributed by atoms with Gasteiger partial charge in [-0.2, -0.15) is 0 Å². The Balaban J connectivity index is 1.29. The van der Waals surface area contributed by atoms with Crippen LogP contribution >= 0.6 is 0 Å². The predicted molar refractivity (Wildman–Crippen MR) is 129 cm³/mol. The lowest BCUT2D eigenvalue weighted by Gasteiger charge is -2.34. The van der Waals surface area contributed by atoms with E-state index in [1.54, 1.807) is 19.5 Å². The predicted octanol–water partition coefficient (Wildman–Crippen LogP) is 3.91. The number of benzene rings is 2. The van der Waals surface area contributed by atoms with Crippen molar-refractivity contribution < 1.29 is 9.53 Å². The highest BCUT2D eigenvalue weighted by Gasteiger charge is 2.23. The molecule has 2 aromatic heterocycles. The van der Waals surface area contributed by atoms with Crippen LogP contribution in [0.1, 0.15) is 12.0 Å². The molecule has 0 radical (unpaired) electrons. The summed E-state index contributed by atoms with van der Waals surface area (Å²) in [5.41, 5.74) is 4.42. The fourth-order valence-electron chi connectivity index (χ4n) is 4.46. The SMILES string of the molecule is COc1ccc(-c2[nH]c3ccccc3c2CCC(=O)N2CCN(c3ncccn3)CC2)cc1. The Morgan fingerprint density at radius 3 is 2.42 bits per heavy atom. The van der Waals surface area contributed by atoms with Crippen LogP contribution in [0.25, 0.3) is 22.2 Å². The van der Waals surface area contributed by atoms with Crippen LogP contribution in [-0.2, 0) is 11.2 Å². The Bertz CT molecular complexity index is 1230. The highest BCUT2D eigenvalue weighted by Crippen LogP contribution is 2.32. The smallest absolute Gasteiger partial charge is 0.225 e. The summed E-state index contributed by atoms with van der Waals surface area (Å²) in [4.78, 5) is 29.3. The minimum absolute atomic E-state index is 0.189. The van der Waals surface area contributed by atoms with Gasteiger partial charge in [-0.15, -0.1) is 0 Å². The topological polar surface area (TPSA) is 74.4 Å². The first kappa shape index (κ1) is 21.0. The van der Waals surface area contributed by atoms with Gasteiger partial charge in [-0.05, 0) is 53.9 Å². The number of hydrogen-bond donors (Lipinski definition) is 1. The van der Waals surface area contributed by atoms with E-state index in [4.69, 9.17) is 4.74 Å². The first-order valence-electron chi connectivity index (χ1n) is 11.3. The summed E-state index contributed by atoms with van der Waals surface area (Å²) in [6, 6.07) is 18.1. The highest BCUT2D eigenvalue weighted by atomic mass is 16.5. The number of rotatable bonds is 6. The van der Waals surface area contributed by atoms with Crippen LogP contribution in [0.4, 0.5) is 5.95 Å². The Morgan fingerprint density at radius 1 is 0.970 bits per heavy atom. The van der Waals surface area contributed by atoms with Crippen molar-refractivity contribution in [3.63, 3.8) is 0 Å². The quantitative estimate of drug-likeness (QED) is 0.491. The molecule has 0 aliphatic carbocycles. The van der Waals surface area contributed by atoms with Gasteiger partial charge in [0.2, 0.25) is 11.9 Å². The van der Waals surface area contributed by atoms with E-state index >= 15 is 0 Å². The summed E-state index contributed by atoms with van der Waals surface area (Å²) in [5, 5.41) is 1.17. The van der Waals surface area contributed by atoms with Gasteiger partial charge in [0.15, 0.2) is 0 Å². The number of para-hydroxylation sites is 1. The lowest BCUT2D eigenvalue weighted by molar-refractivity contribution is -0.131. The zero-order valence-electron chi connectivity index (χ0n) is 18.7. The number of fused-ring (bicyclic) bond motifs is 1. The van der Waals surface area contributed by atoms with Crippen LogP contribution in [0, 0.1) is 0 Å². The van der Waals surface area contributed by atoms with E-state index in [0.29, 0.717) is 25.9 Å². The zero-order valence-corrected chi connectivity index (χ0v) is 18.7. The van der Waals surface area contributed by atoms with Crippen molar-refractivity contribution in [3.8, 4) is 17.0 Å². The lowest BCUT2D eigenvalue weighted by atomic mass is 10.0. The molecule has 0 bridgehead atoms. The van der Waals surface area contributed by atoms with Gasteiger partial charge in [0.1, 0.15) is 5.75 Å². The van der Waals surface area contributed by atoms with Crippen molar-refractivity contribution in [3.05, 3.63) is 72.6 Å². The number of aromatic amines is 1. The first-order chi connectivity index (χ1) is 16.2. The maximum atomic E-state index is 13.1. The number of nitrogens with one attached hydrogen (secondary N) is 1. The molecule has 1 saturated heterocycles. The molecule has 2 aromatic carbocycles. The second-order valence-corrected chi connectivity index (χ2v) is 8.17. The number of carbonyl (C=O) groups excluding carboxylic acids is 1. The second kappa shape index (κ2) is 9.32. The van der Waals surface area contributed by atoms with Gasteiger partial charge in [-0.3, -0.25) is 4.79 Å². The molecule has 7 heteroatoms. The summed E-state index contributed by atoms with van der Waals surface area (Å²) < 4.78 is 5.30. The number of aryl methyl sites for hydroxylation is 1. The standard InChI is InChI=1S/C26H27N5O2/c1-33-20-9-7-19(8-10-20)25-22(21-5-2-3-6-23(21)29-25)11-12-24(32)30-15-17-31(18-16-30)26-27-13-4-14-28-26/h2-10,13-14,29H,11-12,15-18H2,1H3. The van der Waals surface area contributed by atoms with Crippen molar-refractivity contribution >= 4 is 22.8 Å². The monoisotopic (exact) mass is 441 g/mol. The fourth-order valence-corrected chi connectivity index (χ4v) is 4.46. The van der Waals surface area contributed by atoms with Crippen molar-refractivity contribution in [2.24, 2.45) is 0 Å². The van der Waals surface area contributed by atoms with Gasteiger partial charge in [0.25, 0.3) is 0 Å². The maximum Gasteiger partial charge on any atom is 0.225 e. The molecule has 1 aliphatic heterocycles. The highest BCUT2D eigenvalue weighted by molar-refractivity contribution is 5.91. The molecule has 4 aromatic rings. The zero-order chi connectivity index (χ0) is 22.6. The molecule has 0 spiro atoms. The van der Waals surface area contributed by atoms with Gasteiger partial charge in [-0.1, -0.05) is 18.2 Å². The van der Waals surface area contributed by atoms with Crippen LogP contribution in [0.15, 0.2) is 67.0 Å². The van der Waals surface area contributed by atoms with Crippen LogP contribution < -0.4 is 9.64 Å². The van der Waals surface area contributed by atoms with Gasteiger partial charge < -0.3 is 19.5 Å². The third kappa shape index (κ3) is 4.39. The molecule has 0 atom stereocenters. The van der Waals surface area contributed by atoms with E-state index in [1.165, 1.54) is 10.9 Å². The van der Waals surface area contributed by atoms with Gasteiger partial charge in [0.05, 0.1) is 7.11 Å². The summed E-state index contributed by atoms with van der Waals surface area (Å²) in [7, 11) is 1.67. The molecule has 1 aliphatic rings. The minimum Gasteiger partial charge on any atom is -0.497 e. The average Bonchev–Trinajstić information content (AvgIpc) is 3.26. The Morgan fingerprint density at radius 2 is 1.70 bits per heavy atom. The Labute approximate surface area is 193 Å². The van der Waals surface area contributed by atoms with Gasteiger partial charge >= 0.3 is 0 Å². The number of carbonyl (C=O) groups is 1. The molecular formula is C26H27N5O2. The molecule has 5 rings (SSSR count). The van der Waals surface area contributed by atoms with E-state index < -0.39 is 0 Å². The van der Waals surface area contributed by atoms with Crippen LogP contribution in [0.5, 0.6) is 5.75 Å². The van der Waals surface area contributed by atoms with E-state index in [-0.39, 0.29) is 5.91 Å². The summed E-state index contributed by atoms with van der Waals surface area (Å²) >= 11 is 0. The van der Waals surface area contributed by atoms with Crippen LogP contribution in [-0.4, -0.2) is 59.0 Å². The summed E-state index contributed by atoms with van der Waals surface area (Å²) in [5.74, 6) is 1.74. The normalized spacial score (nSPS) is 14.0. The van der Waals surface area contributed by atoms with Crippen molar-refractivity contribution in [2.45, 2.75) is 12.8 Å². The van der Waals surface area contributed by atoms with E-state index in [0.717, 1.165) is 41.6 Å². The number of hydrogen-bond acceptors (Lipinski definition) is 5. The molecule has 168 valence electrons. The number of ether oxygens (including phenoxy) is 1. The molecular weight excluding hydrogens is 414 g/mol. The van der Waals surface area contributed by atoms with E-state index in [9.17, 15) is 4.79 Å². The first-order valence-corrected chi connectivity index (χ1v) is 11.3. The minimum atomic E-state index is 0.189. The van der Waals surface area contributed by atoms with Crippen molar-refractivity contribution in [1.82, 2.24) is 19.9 Å². The summed E-state index contributed by atoms with van der Waals surface area (Å²) in [6.45, 7) is 2.88. The molecule has 7 nitrogen and oxygen atoms in total. The average molecular weight is 442 g/mol. The third-order valence-corrected chi connectivity index (χ3v) is 6.25. The van der Waals surface area contributed by atoms with Gasteiger partial charge in [-0.25, -0.2) is 9.97 Å². The van der Waals surface area contributed by atoms with Crippen LogP contribution in [0.2, 0.25) is 0 Å². The number of anilines is 1. The Hall–Kier alpha value is -3.87. The number of piperazine rings is 1. The fraction of sp³-hybridized carbons (Fsp3) is 0.269. The molecule has 1 fully saturated rings. The van der Waals surface area contributed by atoms with E-state index in [1.807, 2.05) is 35.2 Å². The maximum absolute atomic E-state index is 13.1. The van der Waals surface area contributed by atoms with Crippen molar-refractivity contribution in [2.75, 3.05) is 38.2 Å². The number of nitrogens with zero attached hydrogens (tertiary/aromatic N) is 4. The van der Waals surface area contributed by atoms with Gasteiger partial charge in [0, 0.05) is 61.6 Å². The number of H-pyrrole nitrogens is 1. The lowest BCUT2D eigenvalue weighted by Crippen LogP contribution is -2.49. The molecule has 0 unspecified atom stereocenters.